The van der Waals surface area contributed by atoms with Crippen LogP contribution in [0.5, 0.6) is 0 Å². The Bertz CT molecular complexity index is 709. The molecule has 0 bridgehead atoms. The van der Waals surface area contributed by atoms with Crippen molar-refractivity contribution in [1.29, 1.82) is 0 Å². The minimum absolute atomic E-state index is 0.0523. The maximum Gasteiger partial charge on any atom is 0.316 e. The van der Waals surface area contributed by atoms with Gasteiger partial charge < -0.3 is 10.1 Å². The van der Waals surface area contributed by atoms with Gasteiger partial charge in [0.05, 0.1) is 5.75 Å². The Kier molecular flexibility index (Phi) is 7.27. The summed E-state index contributed by atoms with van der Waals surface area (Å²) in [6.07, 6.45) is 0. The third-order valence-corrected chi connectivity index (χ3v) is 4.48. The van der Waals surface area contributed by atoms with Crippen molar-refractivity contribution in [2.45, 2.75) is 11.4 Å². The van der Waals surface area contributed by atoms with Crippen LogP contribution in [-0.2, 0) is 20.9 Å². The summed E-state index contributed by atoms with van der Waals surface area (Å²) in [4.78, 5) is 24.2. The van der Waals surface area contributed by atoms with Crippen molar-refractivity contribution in [3.8, 4) is 0 Å². The Morgan fingerprint density at radius 1 is 1.12 bits per heavy atom. The van der Waals surface area contributed by atoms with Crippen molar-refractivity contribution in [3.63, 3.8) is 0 Å². The van der Waals surface area contributed by atoms with E-state index in [0.29, 0.717) is 5.56 Å². The van der Waals surface area contributed by atoms with Crippen molar-refractivity contribution < 1.29 is 18.7 Å². The summed E-state index contributed by atoms with van der Waals surface area (Å²) in [5, 5.41) is 2.51. The molecule has 2 aromatic rings. The van der Waals surface area contributed by atoms with Gasteiger partial charge >= 0.3 is 5.97 Å². The number of benzene rings is 2. The van der Waals surface area contributed by atoms with E-state index in [2.05, 4.69) is 21.2 Å². The van der Waals surface area contributed by atoms with Gasteiger partial charge in [0.25, 0.3) is 5.91 Å². The number of thioether (sulfide) groups is 1. The van der Waals surface area contributed by atoms with Gasteiger partial charge in [0, 0.05) is 21.5 Å². The van der Waals surface area contributed by atoms with E-state index in [4.69, 9.17) is 4.74 Å². The molecule has 1 amide bonds. The van der Waals surface area contributed by atoms with Crippen LogP contribution in [0, 0.1) is 5.82 Å². The highest BCUT2D eigenvalue weighted by Crippen LogP contribution is 2.20. The number of halogens is 2. The number of hydrogen-bond donors (Lipinski definition) is 1. The van der Waals surface area contributed by atoms with Gasteiger partial charge in [-0.1, -0.05) is 34.1 Å². The lowest BCUT2D eigenvalue weighted by Gasteiger charge is -2.07. The van der Waals surface area contributed by atoms with Gasteiger partial charge in [0.1, 0.15) is 5.82 Å². The summed E-state index contributed by atoms with van der Waals surface area (Å²) in [7, 11) is 0. The molecule has 24 heavy (non-hydrogen) atoms. The van der Waals surface area contributed by atoms with Crippen LogP contribution in [-0.4, -0.2) is 24.2 Å². The summed E-state index contributed by atoms with van der Waals surface area (Å²) in [5.74, 6) is -1.23. The van der Waals surface area contributed by atoms with Gasteiger partial charge in [0.2, 0.25) is 0 Å². The van der Waals surface area contributed by atoms with Crippen LogP contribution in [0.15, 0.2) is 57.9 Å². The summed E-state index contributed by atoms with van der Waals surface area (Å²) >= 11 is 4.66. The Balaban J connectivity index is 1.66. The van der Waals surface area contributed by atoms with E-state index in [0.717, 1.165) is 9.37 Å². The normalized spacial score (nSPS) is 10.2. The van der Waals surface area contributed by atoms with Gasteiger partial charge in [0.15, 0.2) is 6.61 Å². The van der Waals surface area contributed by atoms with Crippen molar-refractivity contribution in [2.75, 3.05) is 12.4 Å². The average Bonchev–Trinajstić information content (AvgIpc) is 2.58. The molecule has 0 atom stereocenters. The number of rotatable bonds is 7. The zero-order valence-corrected chi connectivity index (χ0v) is 15.0. The summed E-state index contributed by atoms with van der Waals surface area (Å²) in [6, 6.07) is 13.7. The van der Waals surface area contributed by atoms with Gasteiger partial charge in [-0.3, -0.25) is 9.59 Å². The molecule has 0 heterocycles. The zero-order valence-electron chi connectivity index (χ0n) is 12.6. The van der Waals surface area contributed by atoms with Crippen molar-refractivity contribution in [1.82, 2.24) is 5.32 Å². The highest BCUT2D eigenvalue weighted by molar-refractivity contribution is 9.10. The molecule has 0 aromatic heterocycles. The van der Waals surface area contributed by atoms with Gasteiger partial charge in [-0.2, -0.15) is 0 Å². The topological polar surface area (TPSA) is 55.4 Å². The molecule has 0 saturated carbocycles. The highest BCUT2D eigenvalue weighted by atomic mass is 79.9. The highest BCUT2D eigenvalue weighted by Gasteiger charge is 2.09. The fourth-order valence-corrected chi connectivity index (χ4v) is 2.71. The molecule has 0 unspecified atom stereocenters. The predicted octanol–water partition coefficient (Wildman–Crippen LogP) is 3.54. The van der Waals surface area contributed by atoms with Crippen molar-refractivity contribution >= 4 is 39.6 Å². The number of ether oxygens (including phenoxy) is 1. The first kappa shape index (κ1) is 18.5. The van der Waals surface area contributed by atoms with E-state index in [1.165, 1.54) is 17.8 Å². The third kappa shape index (κ3) is 6.33. The van der Waals surface area contributed by atoms with Gasteiger partial charge in [-0.05, 0) is 30.3 Å². The number of nitrogens with one attached hydrogen (secondary N) is 1. The second-order valence-electron chi connectivity index (χ2n) is 4.77. The quantitative estimate of drug-likeness (QED) is 0.559. The van der Waals surface area contributed by atoms with Crippen LogP contribution in [0.2, 0.25) is 0 Å². The SMILES string of the molecule is O=C(COC(=O)CSc1ccc(Br)cc1)NCc1ccccc1F. The Morgan fingerprint density at radius 3 is 2.54 bits per heavy atom. The molecule has 2 aromatic carbocycles. The Labute approximate surface area is 151 Å². The van der Waals surface area contributed by atoms with Crippen LogP contribution < -0.4 is 5.32 Å². The predicted molar refractivity (Wildman–Crippen MR) is 94.1 cm³/mol. The molecule has 0 radical (unpaired) electrons. The molecular formula is C17H15BrFNO3S. The van der Waals surface area contributed by atoms with E-state index in [-0.39, 0.29) is 24.7 Å². The maximum atomic E-state index is 13.4. The zero-order chi connectivity index (χ0) is 17.4. The molecular weight excluding hydrogens is 397 g/mol. The standard InChI is InChI=1S/C17H15BrFNO3S/c18-13-5-7-14(8-6-13)24-11-17(22)23-10-16(21)20-9-12-3-1-2-4-15(12)19/h1-8H,9-11H2,(H,20,21). The molecule has 0 aliphatic heterocycles. The van der Waals surface area contributed by atoms with E-state index < -0.39 is 11.9 Å². The molecule has 1 N–H and O–H groups in total. The first-order valence-electron chi connectivity index (χ1n) is 7.08. The lowest BCUT2D eigenvalue weighted by atomic mass is 10.2. The van der Waals surface area contributed by atoms with Crippen molar-refractivity contribution in [3.05, 3.63) is 64.4 Å². The van der Waals surface area contributed by atoms with E-state index in [1.54, 1.807) is 18.2 Å². The van der Waals surface area contributed by atoms with Crippen LogP contribution in [0.1, 0.15) is 5.56 Å². The third-order valence-electron chi connectivity index (χ3n) is 2.97. The van der Waals surface area contributed by atoms with Crippen molar-refractivity contribution in [2.24, 2.45) is 0 Å². The molecule has 0 fully saturated rings. The first-order valence-corrected chi connectivity index (χ1v) is 8.86. The van der Waals surface area contributed by atoms with E-state index >= 15 is 0 Å². The lowest BCUT2D eigenvalue weighted by Crippen LogP contribution is -2.29. The largest absolute Gasteiger partial charge is 0.455 e. The summed E-state index contributed by atoms with van der Waals surface area (Å²) < 4.78 is 19.3. The Hall–Kier alpha value is -1.86. The molecule has 2 rings (SSSR count). The van der Waals surface area contributed by atoms with Crippen LogP contribution in [0.25, 0.3) is 0 Å². The Morgan fingerprint density at radius 2 is 1.83 bits per heavy atom. The van der Waals surface area contributed by atoms with E-state index in [9.17, 15) is 14.0 Å². The molecule has 7 heteroatoms. The first-order chi connectivity index (χ1) is 11.5. The summed E-state index contributed by atoms with van der Waals surface area (Å²) in [6.45, 7) is -0.328. The summed E-state index contributed by atoms with van der Waals surface area (Å²) in [5.41, 5.74) is 0.378. The minimum atomic E-state index is -0.482. The monoisotopic (exact) mass is 411 g/mol. The lowest BCUT2D eigenvalue weighted by molar-refractivity contribution is -0.145. The maximum absolute atomic E-state index is 13.4. The van der Waals surface area contributed by atoms with Crippen LogP contribution in [0.4, 0.5) is 4.39 Å². The second kappa shape index (κ2) is 9.44. The fraction of sp³-hybridized carbons (Fsp3) is 0.176. The molecule has 4 nitrogen and oxygen atoms in total. The van der Waals surface area contributed by atoms with E-state index in [1.807, 2.05) is 24.3 Å². The molecule has 126 valence electrons. The molecule has 0 spiro atoms. The molecule has 0 saturated heterocycles. The van der Waals surface area contributed by atoms with Gasteiger partial charge in [-0.25, -0.2) is 4.39 Å². The van der Waals surface area contributed by atoms with Crippen LogP contribution >= 0.6 is 27.7 Å². The molecule has 0 aliphatic carbocycles. The second-order valence-corrected chi connectivity index (χ2v) is 6.74. The number of carbonyl (C=O) groups is 2. The molecule has 0 aliphatic rings. The number of esters is 1. The smallest absolute Gasteiger partial charge is 0.316 e. The fourth-order valence-electron chi connectivity index (χ4n) is 1.75. The minimum Gasteiger partial charge on any atom is -0.455 e. The van der Waals surface area contributed by atoms with Crippen LogP contribution in [0.3, 0.4) is 0 Å². The average molecular weight is 412 g/mol. The number of amides is 1. The van der Waals surface area contributed by atoms with Gasteiger partial charge in [-0.15, -0.1) is 11.8 Å². The number of carbonyl (C=O) groups excluding carboxylic acids is 2. The number of hydrogen-bond acceptors (Lipinski definition) is 4.